The van der Waals surface area contributed by atoms with Gasteiger partial charge in [0.15, 0.2) is 5.16 Å². The standard InChI is InChI=1S/C27H26N4O4S2/c1-34-19-12-10-18(11-13-19)31-26(33)24-21-8-3-4-9-22(21)37-25(24)29-27(31)36-16-23(32)30-28-15-17-6-5-7-20(14-17)35-2/h5-7,10-15H,3-4,8-9,16H2,1-2H3,(H,30,32). The number of fused-ring (bicyclic) bond motifs is 3. The van der Waals surface area contributed by atoms with E-state index in [1.807, 2.05) is 48.5 Å². The van der Waals surface area contributed by atoms with Gasteiger partial charge in [0.25, 0.3) is 11.5 Å². The number of methoxy groups -OCH3 is 2. The molecule has 0 radical (unpaired) electrons. The summed E-state index contributed by atoms with van der Waals surface area (Å²) in [5, 5.41) is 5.21. The van der Waals surface area contributed by atoms with Crippen LogP contribution in [0.2, 0.25) is 0 Å². The van der Waals surface area contributed by atoms with E-state index in [2.05, 4.69) is 10.5 Å². The summed E-state index contributed by atoms with van der Waals surface area (Å²) in [6.45, 7) is 0. The van der Waals surface area contributed by atoms with E-state index in [-0.39, 0.29) is 17.2 Å². The van der Waals surface area contributed by atoms with Crippen LogP contribution in [0.25, 0.3) is 15.9 Å². The molecule has 1 aliphatic carbocycles. The van der Waals surface area contributed by atoms with E-state index in [1.165, 1.54) is 16.6 Å². The van der Waals surface area contributed by atoms with Crippen LogP contribution in [0.4, 0.5) is 0 Å². The zero-order valence-electron chi connectivity index (χ0n) is 20.5. The van der Waals surface area contributed by atoms with Gasteiger partial charge in [-0.05, 0) is 73.2 Å². The average Bonchev–Trinajstić information content (AvgIpc) is 3.31. The van der Waals surface area contributed by atoms with Crippen molar-refractivity contribution in [2.75, 3.05) is 20.0 Å². The summed E-state index contributed by atoms with van der Waals surface area (Å²) >= 11 is 2.80. The number of carbonyl (C=O) groups excluding carboxylic acids is 1. The Labute approximate surface area is 222 Å². The van der Waals surface area contributed by atoms with Gasteiger partial charge in [-0.1, -0.05) is 23.9 Å². The third-order valence-corrected chi connectivity index (χ3v) is 8.24. The maximum absolute atomic E-state index is 13.8. The summed E-state index contributed by atoms with van der Waals surface area (Å²) in [6.07, 6.45) is 5.64. The number of nitrogens with one attached hydrogen (secondary N) is 1. The molecule has 2 heterocycles. The van der Waals surface area contributed by atoms with Crippen molar-refractivity contribution in [3.63, 3.8) is 0 Å². The van der Waals surface area contributed by atoms with Gasteiger partial charge >= 0.3 is 0 Å². The lowest BCUT2D eigenvalue weighted by Crippen LogP contribution is -2.24. The number of carbonyl (C=O) groups is 1. The smallest absolute Gasteiger partial charge is 0.267 e. The lowest BCUT2D eigenvalue weighted by atomic mass is 9.97. The highest BCUT2D eigenvalue weighted by molar-refractivity contribution is 7.99. The average molecular weight is 535 g/mol. The number of hydrogen-bond donors (Lipinski definition) is 1. The first-order valence-electron chi connectivity index (χ1n) is 11.9. The Morgan fingerprint density at radius 3 is 2.70 bits per heavy atom. The fourth-order valence-corrected chi connectivity index (χ4v) is 6.41. The predicted molar refractivity (Wildman–Crippen MR) is 148 cm³/mol. The molecule has 4 aromatic rings. The molecular formula is C27H26N4O4S2. The molecule has 0 unspecified atom stereocenters. The number of benzene rings is 2. The summed E-state index contributed by atoms with van der Waals surface area (Å²) in [5.41, 5.74) is 5.05. The fourth-order valence-electron chi connectivity index (χ4n) is 4.31. The van der Waals surface area contributed by atoms with Crippen LogP contribution in [0.15, 0.2) is 63.6 Å². The molecule has 0 fully saturated rings. The van der Waals surface area contributed by atoms with Gasteiger partial charge in [0.05, 0.1) is 37.3 Å². The van der Waals surface area contributed by atoms with Crippen LogP contribution in [0.3, 0.4) is 0 Å². The summed E-state index contributed by atoms with van der Waals surface area (Å²) in [5.74, 6) is 1.15. The van der Waals surface area contributed by atoms with E-state index < -0.39 is 0 Å². The number of amides is 1. The minimum absolute atomic E-state index is 0.0502. The van der Waals surface area contributed by atoms with Crippen molar-refractivity contribution in [2.24, 2.45) is 5.10 Å². The maximum Gasteiger partial charge on any atom is 0.267 e. The Bertz CT molecular complexity index is 1530. The van der Waals surface area contributed by atoms with Crippen LogP contribution >= 0.6 is 23.1 Å². The highest BCUT2D eigenvalue weighted by Crippen LogP contribution is 2.35. The van der Waals surface area contributed by atoms with Crippen LogP contribution in [0.1, 0.15) is 28.8 Å². The zero-order chi connectivity index (χ0) is 25.8. The van der Waals surface area contributed by atoms with Crippen LogP contribution in [0, 0.1) is 0 Å². The fraction of sp³-hybridized carbons (Fsp3) is 0.259. The van der Waals surface area contributed by atoms with Gasteiger partial charge < -0.3 is 9.47 Å². The quantitative estimate of drug-likeness (QED) is 0.154. The second-order valence-electron chi connectivity index (χ2n) is 8.48. The number of aryl methyl sites for hydroxylation is 2. The van der Waals surface area contributed by atoms with Gasteiger partial charge in [-0.15, -0.1) is 11.3 Å². The molecular weight excluding hydrogens is 508 g/mol. The number of aromatic nitrogens is 2. The first-order valence-corrected chi connectivity index (χ1v) is 13.7. The lowest BCUT2D eigenvalue weighted by Gasteiger charge is -2.14. The zero-order valence-corrected chi connectivity index (χ0v) is 22.2. The van der Waals surface area contributed by atoms with Crippen LogP contribution in [-0.4, -0.2) is 41.6 Å². The van der Waals surface area contributed by atoms with E-state index in [1.54, 1.807) is 36.3 Å². The van der Waals surface area contributed by atoms with Gasteiger partial charge in [-0.25, -0.2) is 10.4 Å². The molecule has 1 aliphatic rings. The normalized spacial score (nSPS) is 13.0. The topological polar surface area (TPSA) is 94.8 Å². The van der Waals surface area contributed by atoms with Gasteiger partial charge in [0, 0.05) is 4.88 Å². The van der Waals surface area contributed by atoms with Gasteiger partial charge in [-0.3, -0.25) is 14.2 Å². The minimum atomic E-state index is -0.301. The van der Waals surface area contributed by atoms with Crippen molar-refractivity contribution >= 4 is 45.4 Å². The maximum atomic E-state index is 13.8. The Kier molecular flexibility index (Phi) is 7.57. The molecule has 1 amide bonds. The largest absolute Gasteiger partial charge is 0.497 e. The molecule has 0 bridgehead atoms. The molecule has 10 heteroatoms. The molecule has 8 nitrogen and oxygen atoms in total. The summed E-state index contributed by atoms with van der Waals surface area (Å²) in [6, 6.07) is 14.6. The third kappa shape index (κ3) is 5.40. The van der Waals surface area contributed by atoms with Crippen molar-refractivity contribution in [1.82, 2.24) is 15.0 Å². The van der Waals surface area contributed by atoms with Crippen LogP contribution in [-0.2, 0) is 17.6 Å². The minimum Gasteiger partial charge on any atom is -0.497 e. The lowest BCUT2D eigenvalue weighted by molar-refractivity contribution is -0.118. The van der Waals surface area contributed by atoms with Crippen molar-refractivity contribution in [3.05, 3.63) is 74.9 Å². The number of nitrogens with zero attached hydrogens (tertiary/aromatic N) is 3. The monoisotopic (exact) mass is 534 g/mol. The van der Waals surface area contributed by atoms with Gasteiger partial charge in [-0.2, -0.15) is 5.10 Å². The molecule has 2 aromatic carbocycles. The number of rotatable bonds is 8. The highest BCUT2D eigenvalue weighted by atomic mass is 32.2. The Morgan fingerprint density at radius 2 is 1.92 bits per heavy atom. The second-order valence-corrected chi connectivity index (χ2v) is 10.5. The number of hydrazone groups is 1. The number of ether oxygens (including phenoxy) is 2. The van der Waals surface area contributed by atoms with Crippen molar-refractivity contribution in [2.45, 2.75) is 30.8 Å². The van der Waals surface area contributed by atoms with Crippen LogP contribution < -0.4 is 20.5 Å². The van der Waals surface area contributed by atoms with E-state index in [9.17, 15) is 9.59 Å². The van der Waals surface area contributed by atoms with E-state index >= 15 is 0 Å². The molecule has 0 atom stereocenters. The van der Waals surface area contributed by atoms with Crippen molar-refractivity contribution < 1.29 is 14.3 Å². The first kappa shape index (κ1) is 25.0. The van der Waals surface area contributed by atoms with Crippen LogP contribution in [0.5, 0.6) is 11.5 Å². The molecule has 0 aliphatic heterocycles. The summed E-state index contributed by atoms with van der Waals surface area (Å²) in [4.78, 5) is 33.2. The number of thioether (sulfide) groups is 1. The Balaban J connectivity index is 1.41. The second kappa shape index (κ2) is 11.2. The molecule has 37 heavy (non-hydrogen) atoms. The third-order valence-electron chi connectivity index (χ3n) is 6.12. The van der Waals surface area contributed by atoms with E-state index in [0.717, 1.165) is 41.6 Å². The van der Waals surface area contributed by atoms with Crippen molar-refractivity contribution in [3.8, 4) is 17.2 Å². The molecule has 1 N–H and O–H groups in total. The van der Waals surface area contributed by atoms with Gasteiger partial charge in [0.2, 0.25) is 0 Å². The highest BCUT2D eigenvalue weighted by Gasteiger charge is 2.23. The Morgan fingerprint density at radius 1 is 1.14 bits per heavy atom. The number of hydrogen-bond acceptors (Lipinski definition) is 8. The number of thiophene rings is 1. The van der Waals surface area contributed by atoms with Crippen molar-refractivity contribution in [1.29, 1.82) is 0 Å². The summed E-state index contributed by atoms with van der Waals surface area (Å²) < 4.78 is 12.1. The molecule has 190 valence electrons. The SMILES string of the molecule is COc1ccc(-n2c(SCC(=O)NN=Cc3cccc(OC)c3)nc3sc4c(c3c2=O)CCCC4)cc1. The van der Waals surface area contributed by atoms with E-state index in [0.29, 0.717) is 27.7 Å². The molecule has 0 saturated heterocycles. The molecule has 5 rings (SSSR count). The first-order chi connectivity index (χ1) is 18.1. The van der Waals surface area contributed by atoms with E-state index in [4.69, 9.17) is 14.5 Å². The predicted octanol–water partition coefficient (Wildman–Crippen LogP) is 4.59. The molecule has 0 spiro atoms. The summed E-state index contributed by atoms with van der Waals surface area (Å²) in [7, 11) is 3.20. The molecule has 0 saturated carbocycles. The Hall–Kier alpha value is -3.63. The van der Waals surface area contributed by atoms with Gasteiger partial charge in [0.1, 0.15) is 16.3 Å². The molecule has 2 aromatic heterocycles.